The molecular weight excluding hydrogens is 274 g/mol. The number of benzene rings is 2. The molecule has 3 heteroatoms. The molecule has 2 rings (SSSR count). The van der Waals surface area contributed by atoms with Gasteiger partial charge in [-0.15, -0.1) is 0 Å². The molecule has 22 heavy (non-hydrogen) atoms. The number of hydrogen-bond donors (Lipinski definition) is 1. The van der Waals surface area contributed by atoms with Gasteiger partial charge in [-0.25, -0.2) is 0 Å². The average molecular weight is 295 g/mol. The lowest BCUT2D eigenvalue weighted by atomic mass is 9.89. The van der Waals surface area contributed by atoms with Crippen LogP contribution >= 0.6 is 0 Å². The van der Waals surface area contributed by atoms with Crippen LogP contribution in [-0.4, -0.2) is 11.7 Å². The summed E-state index contributed by atoms with van der Waals surface area (Å²) in [7, 11) is 0. The first kappa shape index (κ1) is 16.0. The highest BCUT2D eigenvalue weighted by Crippen LogP contribution is 2.23. The van der Waals surface area contributed by atoms with Gasteiger partial charge in [0.25, 0.3) is 0 Å². The normalized spacial score (nSPS) is 11.0. The number of amides is 1. The van der Waals surface area contributed by atoms with Gasteiger partial charge in [0, 0.05) is 22.2 Å². The molecule has 0 bridgehead atoms. The molecule has 3 nitrogen and oxygen atoms in total. The van der Waals surface area contributed by atoms with E-state index >= 15 is 0 Å². The third-order valence-electron chi connectivity index (χ3n) is 3.92. The van der Waals surface area contributed by atoms with E-state index in [9.17, 15) is 9.59 Å². The number of hydrogen-bond acceptors (Lipinski definition) is 2. The van der Waals surface area contributed by atoms with Crippen molar-refractivity contribution >= 4 is 17.4 Å². The van der Waals surface area contributed by atoms with Crippen LogP contribution in [0.5, 0.6) is 0 Å². The summed E-state index contributed by atoms with van der Waals surface area (Å²) < 4.78 is 0. The lowest BCUT2D eigenvalue weighted by Crippen LogP contribution is -2.30. The van der Waals surface area contributed by atoms with Crippen LogP contribution in [0.1, 0.15) is 43.1 Å². The zero-order chi connectivity index (χ0) is 16.2. The predicted octanol–water partition coefficient (Wildman–Crippen LogP) is 4.29. The van der Waals surface area contributed by atoms with Gasteiger partial charge >= 0.3 is 0 Å². The Morgan fingerprint density at radius 1 is 0.955 bits per heavy atom. The Labute approximate surface area is 131 Å². The Kier molecular flexibility index (Phi) is 4.76. The van der Waals surface area contributed by atoms with Crippen LogP contribution < -0.4 is 5.32 Å². The molecule has 0 aliphatic carbocycles. The number of ketones is 1. The van der Waals surface area contributed by atoms with E-state index in [4.69, 9.17) is 0 Å². The third-order valence-corrected chi connectivity index (χ3v) is 3.92. The van der Waals surface area contributed by atoms with Gasteiger partial charge in [0.05, 0.1) is 0 Å². The number of nitrogens with one attached hydrogen (secondary N) is 1. The smallest absolute Gasteiger partial charge is 0.230 e. The first-order valence-electron chi connectivity index (χ1n) is 7.45. The van der Waals surface area contributed by atoms with Crippen LogP contribution in [0.15, 0.2) is 54.6 Å². The Morgan fingerprint density at radius 3 is 2.23 bits per heavy atom. The summed E-state index contributed by atoms with van der Waals surface area (Å²) in [4.78, 5) is 24.6. The molecule has 2 aromatic rings. The Bertz CT molecular complexity index is 675. The summed E-state index contributed by atoms with van der Waals surface area (Å²) in [5.41, 5.74) is 1.42. The maximum atomic E-state index is 12.4. The molecule has 0 saturated heterocycles. The van der Waals surface area contributed by atoms with E-state index < -0.39 is 5.41 Å². The average Bonchev–Trinajstić information content (AvgIpc) is 2.55. The fourth-order valence-electron chi connectivity index (χ4n) is 1.96. The van der Waals surface area contributed by atoms with Gasteiger partial charge in [-0.1, -0.05) is 63.2 Å². The van der Waals surface area contributed by atoms with Crippen molar-refractivity contribution in [2.75, 3.05) is 5.32 Å². The van der Waals surface area contributed by atoms with E-state index in [1.807, 2.05) is 39.0 Å². The van der Waals surface area contributed by atoms with Crippen LogP contribution in [-0.2, 0) is 4.79 Å². The molecular formula is C19H21NO2. The Morgan fingerprint density at radius 2 is 1.59 bits per heavy atom. The van der Waals surface area contributed by atoms with Crippen molar-refractivity contribution in [1.29, 1.82) is 0 Å². The topological polar surface area (TPSA) is 46.2 Å². The fourth-order valence-corrected chi connectivity index (χ4v) is 1.96. The standard InChI is InChI=1S/C19H21NO2/c1-4-19(2,3)18(22)20-16-12-8-11-15(13-16)17(21)14-9-6-5-7-10-14/h5-13H,4H2,1-3H3,(H,20,22). The minimum Gasteiger partial charge on any atom is -0.326 e. The molecule has 0 aliphatic rings. The van der Waals surface area contributed by atoms with Crippen molar-refractivity contribution in [3.63, 3.8) is 0 Å². The quantitative estimate of drug-likeness (QED) is 0.836. The van der Waals surface area contributed by atoms with Crippen LogP contribution in [0.4, 0.5) is 5.69 Å². The van der Waals surface area contributed by atoms with Crippen molar-refractivity contribution in [2.45, 2.75) is 27.2 Å². The summed E-state index contributed by atoms with van der Waals surface area (Å²) in [5, 5.41) is 2.89. The maximum Gasteiger partial charge on any atom is 0.230 e. The maximum absolute atomic E-state index is 12.4. The fraction of sp³-hybridized carbons (Fsp3) is 0.263. The van der Waals surface area contributed by atoms with E-state index in [0.29, 0.717) is 16.8 Å². The minimum absolute atomic E-state index is 0.0423. The molecule has 0 unspecified atom stereocenters. The van der Waals surface area contributed by atoms with Gasteiger partial charge in [-0.3, -0.25) is 9.59 Å². The zero-order valence-electron chi connectivity index (χ0n) is 13.2. The van der Waals surface area contributed by atoms with Gasteiger partial charge in [0.15, 0.2) is 5.78 Å². The number of anilines is 1. The number of carbonyl (C=O) groups excluding carboxylic acids is 2. The summed E-state index contributed by atoms with van der Waals surface area (Å²) in [6.07, 6.45) is 0.751. The van der Waals surface area contributed by atoms with Gasteiger partial charge in [0.2, 0.25) is 5.91 Å². The van der Waals surface area contributed by atoms with Gasteiger partial charge < -0.3 is 5.32 Å². The predicted molar refractivity (Wildman–Crippen MR) is 89.0 cm³/mol. The molecule has 114 valence electrons. The van der Waals surface area contributed by atoms with Crippen LogP contribution in [0.25, 0.3) is 0 Å². The minimum atomic E-state index is -0.431. The lowest BCUT2D eigenvalue weighted by Gasteiger charge is -2.21. The zero-order valence-corrected chi connectivity index (χ0v) is 13.2. The van der Waals surface area contributed by atoms with Crippen LogP contribution in [0.2, 0.25) is 0 Å². The van der Waals surface area contributed by atoms with Crippen molar-refractivity contribution in [3.05, 3.63) is 65.7 Å². The SMILES string of the molecule is CCC(C)(C)C(=O)Nc1cccc(C(=O)c2ccccc2)c1. The van der Waals surface area contributed by atoms with E-state index in [0.717, 1.165) is 6.42 Å². The molecule has 2 aromatic carbocycles. The first-order valence-corrected chi connectivity index (χ1v) is 7.45. The van der Waals surface area contributed by atoms with Crippen molar-refractivity contribution in [3.8, 4) is 0 Å². The second kappa shape index (κ2) is 6.56. The first-order chi connectivity index (χ1) is 10.4. The van der Waals surface area contributed by atoms with Crippen LogP contribution in [0.3, 0.4) is 0 Å². The molecule has 1 amide bonds. The molecule has 0 heterocycles. The number of carbonyl (C=O) groups is 2. The van der Waals surface area contributed by atoms with Crippen molar-refractivity contribution in [2.24, 2.45) is 5.41 Å². The second-order valence-electron chi connectivity index (χ2n) is 5.97. The monoisotopic (exact) mass is 295 g/mol. The van der Waals surface area contributed by atoms with E-state index in [-0.39, 0.29) is 11.7 Å². The molecule has 0 fully saturated rings. The summed E-state index contributed by atoms with van der Waals surface area (Å²) >= 11 is 0. The molecule has 0 saturated carbocycles. The summed E-state index contributed by atoms with van der Waals surface area (Å²) in [5.74, 6) is -0.0919. The van der Waals surface area contributed by atoms with Crippen molar-refractivity contribution < 1.29 is 9.59 Å². The molecule has 1 N–H and O–H groups in total. The van der Waals surface area contributed by atoms with Gasteiger partial charge in [-0.05, 0) is 18.6 Å². The van der Waals surface area contributed by atoms with Crippen LogP contribution in [0, 0.1) is 5.41 Å². The van der Waals surface area contributed by atoms with Gasteiger partial charge in [-0.2, -0.15) is 0 Å². The van der Waals surface area contributed by atoms with Crippen molar-refractivity contribution in [1.82, 2.24) is 0 Å². The van der Waals surface area contributed by atoms with Gasteiger partial charge in [0.1, 0.15) is 0 Å². The summed E-state index contributed by atoms with van der Waals surface area (Å²) in [6, 6.07) is 16.2. The van der Waals surface area contributed by atoms with E-state index in [2.05, 4.69) is 5.32 Å². The summed E-state index contributed by atoms with van der Waals surface area (Å²) in [6.45, 7) is 5.79. The van der Waals surface area contributed by atoms with E-state index in [1.54, 1.807) is 36.4 Å². The Balaban J connectivity index is 2.21. The van der Waals surface area contributed by atoms with E-state index in [1.165, 1.54) is 0 Å². The highest BCUT2D eigenvalue weighted by Gasteiger charge is 2.25. The highest BCUT2D eigenvalue weighted by atomic mass is 16.2. The second-order valence-corrected chi connectivity index (χ2v) is 5.97. The molecule has 0 radical (unpaired) electrons. The number of rotatable bonds is 5. The molecule has 0 aliphatic heterocycles. The Hall–Kier alpha value is -2.42. The molecule has 0 atom stereocenters. The highest BCUT2D eigenvalue weighted by molar-refractivity contribution is 6.09. The molecule has 0 aromatic heterocycles. The molecule has 0 spiro atoms. The third kappa shape index (κ3) is 3.61. The largest absolute Gasteiger partial charge is 0.326 e. The lowest BCUT2D eigenvalue weighted by molar-refractivity contribution is -0.124.